The van der Waals surface area contributed by atoms with Crippen molar-refractivity contribution in [2.24, 2.45) is 4.99 Å². The number of aromatic amines is 1. The Hall–Kier alpha value is -1.48. The van der Waals surface area contributed by atoms with Crippen LogP contribution in [-0.4, -0.2) is 54.3 Å². The predicted molar refractivity (Wildman–Crippen MR) is 114 cm³/mol. The first-order chi connectivity index (χ1) is 11.7. The number of H-pyrrole nitrogens is 1. The Kier molecular flexibility index (Phi) is 7.37. The molecule has 0 spiro atoms. The number of hydrogen-bond acceptors (Lipinski definition) is 3. The molecule has 25 heavy (non-hydrogen) atoms. The Morgan fingerprint density at radius 3 is 2.68 bits per heavy atom. The lowest BCUT2D eigenvalue weighted by molar-refractivity contribution is 0.372. The highest BCUT2D eigenvalue weighted by molar-refractivity contribution is 14.0. The van der Waals surface area contributed by atoms with E-state index in [0.717, 1.165) is 42.9 Å². The van der Waals surface area contributed by atoms with Gasteiger partial charge in [-0.1, -0.05) is 17.7 Å². The van der Waals surface area contributed by atoms with Gasteiger partial charge in [0, 0.05) is 50.1 Å². The minimum absolute atomic E-state index is 0. The third-order valence-electron chi connectivity index (χ3n) is 4.30. The smallest absolute Gasteiger partial charge is 0.194 e. The van der Waals surface area contributed by atoms with E-state index in [1.165, 1.54) is 11.3 Å². The lowest BCUT2D eigenvalue weighted by Gasteiger charge is -2.38. The second kappa shape index (κ2) is 9.28. The fourth-order valence-corrected chi connectivity index (χ4v) is 3.14. The zero-order valence-electron chi connectivity index (χ0n) is 14.5. The first-order valence-electron chi connectivity index (χ1n) is 8.12. The second-order valence-corrected chi connectivity index (χ2v) is 6.32. The second-order valence-electron chi connectivity index (χ2n) is 5.89. The number of hydrogen-bond donors (Lipinski definition) is 2. The Balaban J connectivity index is 0.00000225. The van der Waals surface area contributed by atoms with Gasteiger partial charge in [0.15, 0.2) is 5.96 Å². The third kappa shape index (κ3) is 5.01. The molecule has 0 saturated carbocycles. The molecule has 1 aromatic heterocycles. The summed E-state index contributed by atoms with van der Waals surface area (Å²) in [5.41, 5.74) is 3.53. The van der Waals surface area contributed by atoms with E-state index in [1.54, 1.807) is 6.20 Å². The van der Waals surface area contributed by atoms with Crippen LogP contribution in [-0.2, 0) is 6.54 Å². The van der Waals surface area contributed by atoms with E-state index < -0.39 is 0 Å². The first-order valence-corrected chi connectivity index (χ1v) is 8.50. The largest absolute Gasteiger partial charge is 0.368 e. The average molecular weight is 475 g/mol. The minimum Gasteiger partial charge on any atom is -0.368 e. The van der Waals surface area contributed by atoms with Crippen LogP contribution in [0.2, 0.25) is 5.02 Å². The molecule has 1 saturated heterocycles. The Bertz CT molecular complexity index is 695. The molecule has 0 aliphatic carbocycles. The van der Waals surface area contributed by atoms with Crippen molar-refractivity contribution >= 4 is 47.2 Å². The zero-order valence-corrected chi connectivity index (χ0v) is 17.6. The van der Waals surface area contributed by atoms with Crippen molar-refractivity contribution in [3.8, 4) is 0 Å². The molecule has 2 heterocycles. The molecule has 6 nitrogen and oxygen atoms in total. The monoisotopic (exact) mass is 474 g/mol. The van der Waals surface area contributed by atoms with E-state index in [9.17, 15) is 0 Å². The highest BCUT2D eigenvalue weighted by atomic mass is 127. The molecule has 2 N–H and O–H groups in total. The molecule has 1 aliphatic rings. The Morgan fingerprint density at radius 2 is 2.04 bits per heavy atom. The van der Waals surface area contributed by atoms with Gasteiger partial charge in [-0.2, -0.15) is 5.10 Å². The molecule has 2 aromatic rings. The summed E-state index contributed by atoms with van der Waals surface area (Å²) in [4.78, 5) is 9.07. The topological polar surface area (TPSA) is 59.6 Å². The normalized spacial score (nSPS) is 15.1. The number of benzene rings is 1. The van der Waals surface area contributed by atoms with Gasteiger partial charge in [-0.3, -0.25) is 10.1 Å². The van der Waals surface area contributed by atoms with Crippen LogP contribution >= 0.6 is 35.6 Å². The first kappa shape index (κ1) is 19.8. The summed E-state index contributed by atoms with van der Waals surface area (Å²) < 4.78 is 0. The number of aryl methyl sites for hydroxylation is 1. The number of guanidine groups is 1. The number of piperazine rings is 1. The van der Waals surface area contributed by atoms with E-state index >= 15 is 0 Å². The van der Waals surface area contributed by atoms with E-state index in [1.807, 2.05) is 19.2 Å². The molecule has 1 fully saturated rings. The molecule has 1 aliphatic heterocycles. The maximum absolute atomic E-state index is 6.15. The van der Waals surface area contributed by atoms with Gasteiger partial charge >= 0.3 is 0 Å². The summed E-state index contributed by atoms with van der Waals surface area (Å²) in [5, 5.41) is 11.1. The molecule has 8 heteroatoms. The maximum atomic E-state index is 6.15. The number of halogens is 2. The summed E-state index contributed by atoms with van der Waals surface area (Å²) in [5.74, 6) is 0.923. The van der Waals surface area contributed by atoms with Crippen LogP contribution in [0.15, 0.2) is 35.5 Å². The van der Waals surface area contributed by atoms with Crippen LogP contribution in [0.3, 0.4) is 0 Å². The van der Waals surface area contributed by atoms with Crippen LogP contribution < -0.4 is 10.2 Å². The predicted octanol–water partition coefficient (Wildman–Crippen LogP) is 2.89. The highest BCUT2D eigenvalue weighted by Gasteiger charge is 2.20. The van der Waals surface area contributed by atoms with Crippen molar-refractivity contribution in [3.05, 3.63) is 46.7 Å². The van der Waals surface area contributed by atoms with Crippen molar-refractivity contribution in [2.45, 2.75) is 13.5 Å². The summed E-state index contributed by atoms with van der Waals surface area (Å²) in [6.07, 6.45) is 1.76. The van der Waals surface area contributed by atoms with Gasteiger partial charge in [0.05, 0.1) is 12.2 Å². The lowest BCUT2D eigenvalue weighted by Crippen LogP contribution is -2.52. The summed E-state index contributed by atoms with van der Waals surface area (Å²) >= 11 is 6.15. The van der Waals surface area contributed by atoms with Gasteiger partial charge in [0.1, 0.15) is 0 Å². The molecule has 136 valence electrons. The number of nitrogens with zero attached hydrogens (tertiary/aromatic N) is 4. The molecular formula is C17H24ClIN6. The van der Waals surface area contributed by atoms with Crippen LogP contribution in [0.5, 0.6) is 0 Å². The van der Waals surface area contributed by atoms with Gasteiger partial charge in [0.25, 0.3) is 0 Å². The fourth-order valence-electron chi connectivity index (χ4n) is 2.97. The molecule has 0 unspecified atom stereocenters. The standard InChI is InChI=1S/C17H23ClN6.HI/c1-13-3-4-14(18)11-16(13)23-7-9-24(10-8-23)17(19-2)20-12-15-5-6-21-22-15;/h3-6,11H,7-10,12H2,1-2H3,(H,19,20)(H,21,22);1H. The average Bonchev–Trinajstić information content (AvgIpc) is 3.12. The van der Waals surface area contributed by atoms with Crippen molar-refractivity contribution in [3.63, 3.8) is 0 Å². The number of rotatable bonds is 3. The number of aliphatic imine (C=N–C) groups is 1. The molecule has 3 rings (SSSR count). The maximum Gasteiger partial charge on any atom is 0.194 e. The van der Waals surface area contributed by atoms with Crippen LogP contribution in [0.4, 0.5) is 5.69 Å². The van der Waals surface area contributed by atoms with Crippen LogP contribution in [0, 0.1) is 6.92 Å². The van der Waals surface area contributed by atoms with Crippen LogP contribution in [0.1, 0.15) is 11.3 Å². The number of anilines is 1. The lowest BCUT2D eigenvalue weighted by atomic mass is 10.1. The highest BCUT2D eigenvalue weighted by Crippen LogP contribution is 2.25. The van der Waals surface area contributed by atoms with Crippen molar-refractivity contribution < 1.29 is 0 Å². The molecule has 0 atom stereocenters. The summed E-state index contributed by atoms with van der Waals surface area (Å²) in [6.45, 7) is 6.57. The van der Waals surface area contributed by atoms with Crippen LogP contribution in [0.25, 0.3) is 0 Å². The zero-order chi connectivity index (χ0) is 16.9. The molecular weight excluding hydrogens is 451 g/mol. The third-order valence-corrected chi connectivity index (χ3v) is 4.53. The SMILES string of the molecule is CN=C(NCc1ccn[nH]1)N1CCN(c2cc(Cl)ccc2C)CC1.I. The molecule has 0 bridgehead atoms. The molecule has 0 radical (unpaired) electrons. The van der Waals surface area contributed by atoms with Gasteiger partial charge in [-0.25, -0.2) is 0 Å². The molecule has 0 amide bonds. The van der Waals surface area contributed by atoms with E-state index in [2.05, 4.69) is 49.4 Å². The number of nitrogens with one attached hydrogen (secondary N) is 2. The fraction of sp³-hybridized carbons (Fsp3) is 0.412. The molecule has 1 aromatic carbocycles. The van der Waals surface area contributed by atoms with Crippen molar-refractivity contribution in [1.29, 1.82) is 0 Å². The minimum atomic E-state index is 0. The number of aromatic nitrogens is 2. The van der Waals surface area contributed by atoms with Gasteiger partial charge < -0.3 is 15.1 Å². The van der Waals surface area contributed by atoms with Crippen molar-refractivity contribution in [1.82, 2.24) is 20.4 Å². The Labute approximate surface area is 170 Å². The van der Waals surface area contributed by atoms with E-state index in [0.29, 0.717) is 6.54 Å². The Morgan fingerprint density at radius 1 is 1.28 bits per heavy atom. The van der Waals surface area contributed by atoms with Gasteiger partial charge in [0.2, 0.25) is 0 Å². The summed E-state index contributed by atoms with van der Waals surface area (Å²) in [7, 11) is 1.82. The van der Waals surface area contributed by atoms with E-state index in [4.69, 9.17) is 11.6 Å². The summed E-state index contributed by atoms with van der Waals surface area (Å²) in [6, 6.07) is 8.03. The quantitative estimate of drug-likeness (QED) is 0.408. The van der Waals surface area contributed by atoms with Gasteiger partial charge in [-0.15, -0.1) is 24.0 Å². The van der Waals surface area contributed by atoms with Gasteiger partial charge in [-0.05, 0) is 30.7 Å². The van der Waals surface area contributed by atoms with E-state index in [-0.39, 0.29) is 24.0 Å². The van der Waals surface area contributed by atoms with Crippen molar-refractivity contribution in [2.75, 3.05) is 38.1 Å².